The molecule has 0 amide bonds. The molecule has 216 valence electrons. The van der Waals surface area contributed by atoms with Crippen molar-refractivity contribution in [1.82, 2.24) is 0 Å². The summed E-state index contributed by atoms with van der Waals surface area (Å²) >= 11 is 0. The van der Waals surface area contributed by atoms with Crippen molar-refractivity contribution in [2.75, 3.05) is 0 Å². The second-order valence-corrected chi connectivity index (χ2v) is 15.2. The minimum atomic E-state index is -0.789. The zero-order valence-electron chi connectivity index (χ0n) is 24.7. The minimum Gasteiger partial charge on any atom is -0.478 e. The van der Waals surface area contributed by atoms with Gasteiger partial charge >= 0.3 is 5.97 Å². The van der Waals surface area contributed by atoms with Crippen LogP contribution in [0.5, 0.6) is 0 Å². The molecular weight excluding hydrogens is 484 g/mol. The molecule has 3 N–H and O–H groups in total. The van der Waals surface area contributed by atoms with Gasteiger partial charge in [0.1, 0.15) is 0 Å². The van der Waals surface area contributed by atoms with Gasteiger partial charge in [-0.05, 0) is 146 Å². The van der Waals surface area contributed by atoms with E-state index in [1.165, 1.54) is 44.1 Å². The number of carboxylic acid groups (broad SMARTS) is 1. The van der Waals surface area contributed by atoms with Gasteiger partial charge in [0.05, 0.1) is 17.8 Å². The number of rotatable bonds is 5. The number of aliphatic hydroxyl groups is 2. The van der Waals surface area contributed by atoms with E-state index in [0.717, 1.165) is 44.1 Å². The van der Waals surface area contributed by atoms with E-state index in [1.807, 2.05) is 6.07 Å². The van der Waals surface area contributed by atoms with Crippen LogP contribution in [0.15, 0.2) is 18.2 Å². The van der Waals surface area contributed by atoms with Crippen molar-refractivity contribution < 1.29 is 20.1 Å². The van der Waals surface area contributed by atoms with Gasteiger partial charge in [-0.25, -0.2) is 4.79 Å². The number of aliphatic hydroxyl groups excluding tert-OH is 2. The molecule has 0 bridgehead atoms. The molecule has 1 aromatic carbocycles. The third-order valence-corrected chi connectivity index (χ3v) is 13.7. The smallest absolute Gasteiger partial charge is 0.335 e. The normalized spacial score (nSPS) is 45.9. The molecule has 0 heterocycles. The van der Waals surface area contributed by atoms with Crippen molar-refractivity contribution in [3.05, 3.63) is 34.9 Å². The Bertz CT molecular complexity index is 1080. The molecule has 5 aliphatic rings. The first-order valence-electron chi connectivity index (χ1n) is 16.3. The van der Waals surface area contributed by atoms with Gasteiger partial charge in [0.15, 0.2) is 0 Å². The Kier molecular flexibility index (Phi) is 7.23. The van der Waals surface area contributed by atoms with E-state index >= 15 is 0 Å². The minimum absolute atomic E-state index is 0.190. The Morgan fingerprint density at radius 1 is 1.00 bits per heavy atom. The number of benzene rings is 1. The predicted molar refractivity (Wildman–Crippen MR) is 154 cm³/mol. The Hall–Kier alpha value is -1.39. The number of carbonyl (C=O) groups is 1. The lowest BCUT2D eigenvalue weighted by Gasteiger charge is -2.64. The molecule has 4 unspecified atom stereocenters. The summed E-state index contributed by atoms with van der Waals surface area (Å²) in [4.78, 5) is 11.9. The fraction of sp³-hybridized carbons (Fsp3) is 0.800. The van der Waals surface area contributed by atoms with Crippen molar-refractivity contribution in [3.8, 4) is 0 Å². The van der Waals surface area contributed by atoms with E-state index in [1.54, 1.807) is 6.07 Å². The molecule has 4 saturated carbocycles. The summed E-state index contributed by atoms with van der Waals surface area (Å²) in [5, 5.41) is 32.3. The number of carboxylic acids is 1. The molecule has 6 rings (SSSR count). The summed E-state index contributed by atoms with van der Waals surface area (Å²) in [6.45, 7) is 9.84. The monoisotopic (exact) mass is 536 g/mol. The molecule has 39 heavy (non-hydrogen) atoms. The number of aromatic carboxylic acids is 1. The molecule has 12 atom stereocenters. The lowest BCUT2D eigenvalue weighted by atomic mass is 9.41. The highest BCUT2D eigenvalue weighted by Crippen LogP contribution is 2.69. The van der Waals surface area contributed by atoms with Crippen LogP contribution in [-0.4, -0.2) is 33.5 Å². The molecule has 1 aromatic rings. The van der Waals surface area contributed by atoms with Crippen LogP contribution in [0.25, 0.3) is 0 Å². The largest absolute Gasteiger partial charge is 0.478 e. The lowest BCUT2D eigenvalue weighted by Crippen LogP contribution is -2.62. The lowest BCUT2D eigenvalue weighted by molar-refractivity contribution is -0.203. The molecular formula is C35H52O4. The SMILES string of the molecule is CC[C@H]1[C@@H](O)C2C3CC[C@H]([C@H](C)CC4CCc5cccc(C(=O)O)c5C4)[C@@]3(C)CCC2[C@@]2(C)CC[C@@H](O)C[C@@H]12. The number of hydrogen-bond donors (Lipinski definition) is 3. The van der Waals surface area contributed by atoms with Gasteiger partial charge in [0.2, 0.25) is 0 Å². The Balaban J connectivity index is 1.21. The van der Waals surface area contributed by atoms with Crippen molar-refractivity contribution in [1.29, 1.82) is 0 Å². The van der Waals surface area contributed by atoms with Crippen LogP contribution in [0, 0.1) is 58.2 Å². The first-order valence-corrected chi connectivity index (χ1v) is 16.3. The first-order chi connectivity index (χ1) is 18.6. The molecule has 0 radical (unpaired) electrons. The first kappa shape index (κ1) is 27.8. The summed E-state index contributed by atoms with van der Waals surface area (Å²) < 4.78 is 0. The number of hydrogen-bond acceptors (Lipinski definition) is 3. The molecule has 4 nitrogen and oxygen atoms in total. The quantitative estimate of drug-likeness (QED) is 0.374. The summed E-state index contributed by atoms with van der Waals surface area (Å²) in [6, 6.07) is 5.81. The average molecular weight is 537 g/mol. The topological polar surface area (TPSA) is 77.8 Å². The third-order valence-electron chi connectivity index (χ3n) is 13.7. The van der Waals surface area contributed by atoms with Crippen LogP contribution in [0.4, 0.5) is 0 Å². The van der Waals surface area contributed by atoms with Crippen LogP contribution in [0.1, 0.15) is 113 Å². The second-order valence-electron chi connectivity index (χ2n) is 15.2. The molecule has 0 aliphatic heterocycles. The van der Waals surface area contributed by atoms with Gasteiger partial charge in [0, 0.05) is 0 Å². The summed E-state index contributed by atoms with van der Waals surface area (Å²) in [7, 11) is 0. The highest BCUT2D eigenvalue weighted by Gasteiger charge is 2.64. The number of aryl methyl sites for hydroxylation is 1. The summed E-state index contributed by atoms with van der Waals surface area (Å²) in [5.74, 6) is 3.44. The van der Waals surface area contributed by atoms with Gasteiger partial charge in [-0.15, -0.1) is 0 Å². The average Bonchev–Trinajstić information content (AvgIpc) is 3.26. The van der Waals surface area contributed by atoms with Crippen LogP contribution in [0.3, 0.4) is 0 Å². The fourth-order valence-corrected chi connectivity index (χ4v) is 11.9. The maximum atomic E-state index is 12.0. The van der Waals surface area contributed by atoms with E-state index in [4.69, 9.17) is 0 Å². The van der Waals surface area contributed by atoms with Crippen LogP contribution < -0.4 is 0 Å². The van der Waals surface area contributed by atoms with Crippen molar-refractivity contribution in [2.45, 2.75) is 117 Å². The predicted octanol–water partition coefficient (Wildman–Crippen LogP) is 7.14. The standard InChI is InChI=1S/C35H52O4/c1-5-24-30-19-23(36)13-15-35(30,4)29-14-16-34(3)27(11-12-28(34)31(29)32(24)37)20(2)17-21-9-10-22-7-6-8-25(33(38)39)26(22)18-21/h6-8,20-21,23-24,27-32,36-37H,5,9-19H2,1-4H3,(H,38,39)/t20-,21?,23-,24-,27-,28?,29?,30+,31?,32-,34-,35-/m1/s1. The molecule has 0 spiro atoms. The number of fused-ring (bicyclic) bond motifs is 6. The third kappa shape index (κ3) is 4.33. The zero-order valence-corrected chi connectivity index (χ0v) is 24.7. The van der Waals surface area contributed by atoms with Crippen molar-refractivity contribution in [3.63, 3.8) is 0 Å². The van der Waals surface area contributed by atoms with Gasteiger partial charge in [-0.3, -0.25) is 0 Å². The Labute approximate surface area is 236 Å². The zero-order chi connectivity index (χ0) is 27.7. The summed E-state index contributed by atoms with van der Waals surface area (Å²) in [6.07, 6.45) is 12.8. The molecule has 5 aliphatic carbocycles. The molecule has 0 aromatic heterocycles. The van der Waals surface area contributed by atoms with Crippen molar-refractivity contribution >= 4 is 5.97 Å². The Morgan fingerprint density at radius 3 is 2.49 bits per heavy atom. The van der Waals surface area contributed by atoms with E-state index in [9.17, 15) is 20.1 Å². The fourth-order valence-electron chi connectivity index (χ4n) is 11.9. The van der Waals surface area contributed by atoms with E-state index in [-0.39, 0.29) is 23.0 Å². The van der Waals surface area contributed by atoms with Gasteiger partial charge in [0.25, 0.3) is 0 Å². The van der Waals surface area contributed by atoms with E-state index in [0.29, 0.717) is 52.9 Å². The van der Waals surface area contributed by atoms with Crippen LogP contribution in [0.2, 0.25) is 0 Å². The molecule has 4 heteroatoms. The maximum absolute atomic E-state index is 12.0. The van der Waals surface area contributed by atoms with E-state index < -0.39 is 5.97 Å². The highest BCUT2D eigenvalue weighted by molar-refractivity contribution is 5.89. The second kappa shape index (κ2) is 10.2. The van der Waals surface area contributed by atoms with E-state index in [2.05, 4.69) is 33.8 Å². The van der Waals surface area contributed by atoms with Crippen LogP contribution >= 0.6 is 0 Å². The van der Waals surface area contributed by atoms with Crippen molar-refractivity contribution in [2.24, 2.45) is 58.2 Å². The summed E-state index contributed by atoms with van der Waals surface area (Å²) in [5.41, 5.74) is 3.38. The molecule has 4 fully saturated rings. The van der Waals surface area contributed by atoms with Crippen LogP contribution in [-0.2, 0) is 12.8 Å². The van der Waals surface area contributed by atoms with Gasteiger partial charge in [-0.2, -0.15) is 0 Å². The molecule has 0 saturated heterocycles. The maximum Gasteiger partial charge on any atom is 0.335 e. The highest BCUT2D eigenvalue weighted by atomic mass is 16.4. The van der Waals surface area contributed by atoms with Gasteiger partial charge < -0.3 is 15.3 Å². The van der Waals surface area contributed by atoms with Gasteiger partial charge in [-0.1, -0.05) is 46.2 Å². The Morgan fingerprint density at radius 2 is 1.74 bits per heavy atom.